The topological polar surface area (TPSA) is 44.5 Å². The van der Waals surface area contributed by atoms with Gasteiger partial charge in [0.05, 0.1) is 5.02 Å². The van der Waals surface area contributed by atoms with Gasteiger partial charge >= 0.3 is 0 Å². The molecule has 106 valence electrons. The van der Waals surface area contributed by atoms with Gasteiger partial charge in [-0.3, -0.25) is 0 Å². The molecule has 0 aliphatic rings. The van der Waals surface area contributed by atoms with Gasteiger partial charge in [0.15, 0.2) is 0 Å². The average Bonchev–Trinajstić information content (AvgIpc) is 2.45. The molecule has 0 aliphatic carbocycles. The van der Waals surface area contributed by atoms with Crippen LogP contribution in [0, 0.1) is 6.92 Å². The molecule has 2 aromatic carbocycles. The number of hydrogen-bond donors (Lipinski definition) is 1. The van der Waals surface area contributed by atoms with E-state index in [1.54, 1.807) is 0 Å². The highest BCUT2D eigenvalue weighted by molar-refractivity contribution is 6.32. The first-order chi connectivity index (χ1) is 9.69. The standard InChI is InChI=1S/C16H18ClNO2/c1-12-5-6-16(15(17)9-12)20-8-7-19-14-4-2-3-13(10-14)11-18/h2-6,9-10H,7-8,11,18H2,1H3. The van der Waals surface area contributed by atoms with Crippen molar-refractivity contribution in [3.63, 3.8) is 0 Å². The number of nitrogens with two attached hydrogens (primary N) is 1. The SMILES string of the molecule is Cc1ccc(OCCOc2cccc(CN)c2)c(Cl)c1. The fourth-order valence-corrected chi connectivity index (χ4v) is 2.09. The van der Waals surface area contributed by atoms with E-state index in [1.807, 2.05) is 49.4 Å². The Morgan fingerprint density at radius 2 is 1.85 bits per heavy atom. The van der Waals surface area contributed by atoms with Gasteiger partial charge in [-0.15, -0.1) is 0 Å². The first-order valence-corrected chi connectivity index (χ1v) is 6.87. The molecule has 0 bridgehead atoms. The molecule has 0 saturated carbocycles. The minimum absolute atomic E-state index is 0.440. The molecule has 0 radical (unpaired) electrons. The molecule has 0 spiro atoms. The summed E-state index contributed by atoms with van der Waals surface area (Å²) in [5.41, 5.74) is 7.74. The number of aryl methyl sites for hydroxylation is 1. The van der Waals surface area contributed by atoms with Crippen LogP contribution in [-0.2, 0) is 6.54 Å². The van der Waals surface area contributed by atoms with Crippen LogP contribution in [0.15, 0.2) is 42.5 Å². The fraction of sp³-hybridized carbons (Fsp3) is 0.250. The summed E-state index contributed by atoms with van der Waals surface area (Å²) in [7, 11) is 0. The maximum Gasteiger partial charge on any atom is 0.138 e. The Bertz CT molecular complexity index is 572. The zero-order valence-corrected chi connectivity index (χ0v) is 12.2. The van der Waals surface area contributed by atoms with Crippen molar-refractivity contribution in [1.29, 1.82) is 0 Å². The van der Waals surface area contributed by atoms with Crippen molar-refractivity contribution in [2.24, 2.45) is 5.73 Å². The number of benzene rings is 2. The van der Waals surface area contributed by atoms with Crippen molar-refractivity contribution in [3.05, 3.63) is 58.6 Å². The van der Waals surface area contributed by atoms with Gasteiger partial charge in [-0.25, -0.2) is 0 Å². The van der Waals surface area contributed by atoms with Crippen LogP contribution in [0.3, 0.4) is 0 Å². The lowest BCUT2D eigenvalue weighted by molar-refractivity contribution is 0.217. The van der Waals surface area contributed by atoms with Crippen LogP contribution in [0.2, 0.25) is 5.02 Å². The normalized spacial score (nSPS) is 10.3. The van der Waals surface area contributed by atoms with Crippen molar-refractivity contribution < 1.29 is 9.47 Å². The highest BCUT2D eigenvalue weighted by Crippen LogP contribution is 2.25. The molecule has 0 unspecified atom stereocenters. The number of rotatable bonds is 6. The van der Waals surface area contributed by atoms with Gasteiger partial charge in [0.1, 0.15) is 24.7 Å². The van der Waals surface area contributed by atoms with Crippen molar-refractivity contribution in [1.82, 2.24) is 0 Å². The Hall–Kier alpha value is -1.71. The second-order valence-corrected chi connectivity index (χ2v) is 4.89. The number of halogens is 1. The molecular weight excluding hydrogens is 274 g/mol. The Kier molecular flexibility index (Phi) is 5.27. The molecule has 2 rings (SSSR count). The predicted octanol–water partition coefficient (Wildman–Crippen LogP) is 3.56. The Morgan fingerprint density at radius 1 is 1.05 bits per heavy atom. The predicted molar refractivity (Wildman–Crippen MR) is 81.5 cm³/mol. The molecule has 0 aliphatic heterocycles. The van der Waals surface area contributed by atoms with Crippen LogP contribution in [-0.4, -0.2) is 13.2 Å². The minimum Gasteiger partial charge on any atom is -0.490 e. The van der Waals surface area contributed by atoms with Crippen molar-refractivity contribution in [2.75, 3.05) is 13.2 Å². The number of ether oxygens (including phenoxy) is 2. The van der Waals surface area contributed by atoms with Crippen LogP contribution < -0.4 is 15.2 Å². The van der Waals surface area contributed by atoms with Gasteiger partial charge in [0.25, 0.3) is 0 Å². The molecular formula is C16H18ClNO2. The van der Waals surface area contributed by atoms with E-state index in [0.29, 0.717) is 30.5 Å². The average molecular weight is 292 g/mol. The molecule has 2 N–H and O–H groups in total. The quantitative estimate of drug-likeness (QED) is 0.828. The van der Waals surface area contributed by atoms with Crippen LogP contribution in [0.5, 0.6) is 11.5 Å². The zero-order valence-electron chi connectivity index (χ0n) is 11.4. The molecule has 0 fully saturated rings. The molecule has 0 heterocycles. The van der Waals surface area contributed by atoms with Crippen molar-refractivity contribution in [2.45, 2.75) is 13.5 Å². The summed E-state index contributed by atoms with van der Waals surface area (Å²) in [5, 5.41) is 0.620. The lowest BCUT2D eigenvalue weighted by atomic mass is 10.2. The van der Waals surface area contributed by atoms with Gasteiger partial charge in [0.2, 0.25) is 0 Å². The fourth-order valence-electron chi connectivity index (χ4n) is 1.80. The lowest BCUT2D eigenvalue weighted by Gasteiger charge is -2.10. The molecule has 4 heteroatoms. The second kappa shape index (κ2) is 7.17. The van der Waals surface area contributed by atoms with Crippen molar-refractivity contribution in [3.8, 4) is 11.5 Å². The van der Waals surface area contributed by atoms with E-state index in [-0.39, 0.29) is 0 Å². The van der Waals surface area contributed by atoms with Crippen LogP contribution in [0.4, 0.5) is 0 Å². The lowest BCUT2D eigenvalue weighted by Crippen LogP contribution is -2.09. The molecule has 2 aromatic rings. The van der Waals surface area contributed by atoms with Crippen LogP contribution in [0.1, 0.15) is 11.1 Å². The van der Waals surface area contributed by atoms with Gasteiger partial charge < -0.3 is 15.2 Å². The molecule has 0 amide bonds. The van der Waals surface area contributed by atoms with Gasteiger partial charge in [-0.05, 0) is 42.3 Å². The first kappa shape index (κ1) is 14.7. The Labute approximate surface area is 124 Å². The van der Waals surface area contributed by atoms with Crippen LogP contribution in [0.25, 0.3) is 0 Å². The zero-order chi connectivity index (χ0) is 14.4. The smallest absolute Gasteiger partial charge is 0.138 e. The molecule has 20 heavy (non-hydrogen) atoms. The maximum absolute atomic E-state index is 6.09. The summed E-state index contributed by atoms with van der Waals surface area (Å²) in [6.45, 7) is 3.39. The summed E-state index contributed by atoms with van der Waals surface area (Å²) in [4.78, 5) is 0. The summed E-state index contributed by atoms with van der Waals surface area (Å²) >= 11 is 6.09. The molecule has 0 atom stereocenters. The summed E-state index contributed by atoms with van der Waals surface area (Å²) in [5.74, 6) is 1.48. The van der Waals surface area contributed by atoms with Crippen LogP contribution >= 0.6 is 11.6 Å². The largest absolute Gasteiger partial charge is 0.490 e. The Balaban J connectivity index is 1.81. The molecule has 3 nitrogen and oxygen atoms in total. The summed E-state index contributed by atoms with van der Waals surface area (Å²) in [6, 6.07) is 13.4. The summed E-state index contributed by atoms with van der Waals surface area (Å²) in [6.07, 6.45) is 0. The third kappa shape index (κ3) is 4.15. The highest BCUT2D eigenvalue weighted by atomic mass is 35.5. The second-order valence-electron chi connectivity index (χ2n) is 4.48. The first-order valence-electron chi connectivity index (χ1n) is 6.50. The van der Waals surface area contributed by atoms with E-state index < -0.39 is 0 Å². The van der Waals surface area contributed by atoms with E-state index in [4.69, 9.17) is 26.8 Å². The third-order valence-corrected chi connectivity index (χ3v) is 3.13. The van der Waals surface area contributed by atoms with E-state index in [1.165, 1.54) is 0 Å². The van der Waals surface area contributed by atoms with Gasteiger partial charge in [-0.2, -0.15) is 0 Å². The van der Waals surface area contributed by atoms with E-state index >= 15 is 0 Å². The van der Waals surface area contributed by atoms with E-state index in [9.17, 15) is 0 Å². The molecule has 0 saturated heterocycles. The molecule has 0 aromatic heterocycles. The van der Waals surface area contributed by atoms with Crippen molar-refractivity contribution >= 4 is 11.6 Å². The van der Waals surface area contributed by atoms with E-state index in [0.717, 1.165) is 16.9 Å². The third-order valence-electron chi connectivity index (χ3n) is 2.83. The van der Waals surface area contributed by atoms with Gasteiger partial charge in [-0.1, -0.05) is 29.8 Å². The number of hydrogen-bond acceptors (Lipinski definition) is 3. The monoisotopic (exact) mass is 291 g/mol. The summed E-state index contributed by atoms with van der Waals surface area (Å²) < 4.78 is 11.2. The van der Waals surface area contributed by atoms with E-state index in [2.05, 4.69) is 0 Å². The maximum atomic E-state index is 6.09. The Morgan fingerprint density at radius 3 is 2.60 bits per heavy atom. The minimum atomic E-state index is 0.440. The highest BCUT2D eigenvalue weighted by Gasteiger charge is 2.02. The van der Waals surface area contributed by atoms with Gasteiger partial charge in [0, 0.05) is 6.54 Å².